The second kappa shape index (κ2) is 7.82. The molecule has 0 saturated carbocycles. The van der Waals surface area contributed by atoms with Crippen molar-refractivity contribution in [1.29, 1.82) is 0 Å². The third kappa shape index (κ3) is 4.30. The van der Waals surface area contributed by atoms with Gasteiger partial charge >= 0.3 is 6.09 Å². The van der Waals surface area contributed by atoms with E-state index in [1.165, 1.54) is 0 Å². The molecule has 0 aliphatic carbocycles. The predicted molar refractivity (Wildman–Crippen MR) is 102 cm³/mol. The Kier molecular flexibility index (Phi) is 5.09. The van der Waals surface area contributed by atoms with E-state index < -0.39 is 6.09 Å². The van der Waals surface area contributed by atoms with Gasteiger partial charge in [0.25, 0.3) is 0 Å². The highest BCUT2D eigenvalue weighted by molar-refractivity contribution is 5.67. The minimum atomic E-state index is -0.430. The van der Waals surface area contributed by atoms with Crippen molar-refractivity contribution in [3.63, 3.8) is 0 Å². The first-order valence-corrected chi connectivity index (χ1v) is 9.19. The minimum absolute atomic E-state index is 0.342. The molecule has 0 atom stereocenters. The zero-order chi connectivity index (χ0) is 18.5. The lowest BCUT2D eigenvalue weighted by Gasteiger charge is -2.35. The summed E-state index contributed by atoms with van der Waals surface area (Å²) in [6.45, 7) is 1.70. The summed E-state index contributed by atoms with van der Waals surface area (Å²) in [5.74, 6) is 0. The Morgan fingerprint density at radius 2 is 1.74 bits per heavy atom. The SMILES string of the molecule is O=C(NCc1ccccc1)ON1CCC2(C=C(c3ccccc3)NO2)CC1. The van der Waals surface area contributed by atoms with E-state index >= 15 is 0 Å². The summed E-state index contributed by atoms with van der Waals surface area (Å²) in [7, 11) is 0. The molecule has 0 unspecified atom stereocenters. The van der Waals surface area contributed by atoms with Crippen LogP contribution in [0.25, 0.3) is 5.70 Å². The molecule has 1 spiro atoms. The van der Waals surface area contributed by atoms with E-state index in [4.69, 9.17) is 9.68 Å². The van der Waals surface area contributed by atoms with Crippen LogP contribution >= 0.6 is 0 Å². The standard InChI is InChI=1S/C21H23N3O3/c25-20(22-16-17-7-3-1-4-8-17)26-24-13-11-21(12-14-24)15-19(23-27-21)18-9-5-2-6-10-18/h1-10,15,23H,11-14,16H2,(H,22,25). The zero-order valence-corrected chi connectivity index (χ0v) is 15.1. The van der Waals surface area contributed by atoms with Crippen LogP contribution in [0.1, 0.15) is 24.0 Å². The summed E-state index contributed by atoms with van der Waals surface area (Å²) in [5.41, 5.74) is 5.84. The molecule has 0 bridgehead atoms. The molecule has 1 fully saturated rings. The van der Waals surface area contributed by atoms with Crippen molar-refractivity contribution >= 4 is 11.8 Å². The van der Waals surface area contributed by atoms with Gasteiger partial charge in [0.1, 0.15) is 5.60 Å². The lowest BCUT2D eigenvalue weighted by Crippen LogP contribution is -2.46. The van der Waals surface area contributed by atoms with E-state index in [9.17, 15) is 4.79 Å². The van der Waals surface area contributed by atoms with Gasteiger partial charge in [-0.2, -0.15) is 0 Å². The monoisotopic (exact) mass is 365 g/mol. The molecule has 6 nitrogen and oxygen atoms in total. The molecule has 1 saturated heterocycles. The summed E-state index contributed by atoms with van der Waals surface area (Å²) in [4.78, 5) is 23.3. The van der Waals surface area contributed by atoms with Gasteiger partial charge in [0.2, 0.25) is 0 Å². The number of hydrogen-bond donors (Lipinski definition) is 2. The van der Waals surface area contributed by atoms with Crippen molar-refractivity contribution in [3.05, 3.63) is 77.9 Å². The van der Waals surface area contributed by atoms with E-state index in [0.29, 0.717) is 19.6 Å². The quantitative estimate of drug-likeness (QED) is 0.871. The molecule has 4 rings (SSSR count). The van der Waals surface area contributed by atoms with E-state index in [-0.39, 0.29) is 5.60 Å². The highest BCUT2D eigenvalue weighted by Crippen LogP contribution is 2.34. The van der Waals surface area contributed by atoms with Crippen LogP contribution in [0.3, 0.4) is 0 Å². The number of carbonyl (C=O) groups is 1. The average molecular weight is 365 g/mol. The largest absolute Gasteiger partial charge is 0.426 e. The van der Waals surface area contributed by atoms with Gasteiger partial charge in [-0.05, 0) is 30.0 Å². The molecule has 2 heterocycles. The van der Waals surface area contributed by atoms with Crippen LogP contribution in [0.4, 0.5) is 4.79 Å². The molecule has 1 amide bonds. The number of hydroxylamine groups is 3. The molecule has 0 aromatic heterocycles. The Labute approximate surface area is 158 Å². The lowest BCUT2D eigenvalue weighted by molar-refractivity contribution is -0.156. The summed E-state index contributed by atoms with van der Waals surface area (Å²) in [6.07, 6.45) is 3.22. The molecule has 6 heteroatoms. The van der Waals surface area contributed by atoms with E-state index in [0.717, 1.165) is 29.7 Å². The summed E-state index contributed by atoms with van der Waals surface area (Å²) in [6, 6.07) is 19.9. The normalized spacial score (nSPS) is 18.6. The lowest BCUT2D eigenvalue weighted by atomic mass is 9.91. The Morgan fingerprint density at radius 3 is 2.44 bits per heavy atom. The van der Waals surface area contributed by atoms with Crippen LogP contribution in [-0.2, 0) is 16.2 Å². The fourth-order valence-electron chi connectivity index (χ4n) is 3.36. The second-order valence-electron chi connectivity index (χ2n) is 6.84. The molecular formula is C21H23N3O3. The van der Waals surface area contributed by atoms with Crippen molar-refractivity contribution in [3.8, 4) is 0 Å². The first-order valence-electron chi connectivity index (χ1n) is 9.19. The van der Waals surface area contributed by atoms with Crippen molar-refractivity contribution in [2.45, 2.75) is 25.0 Å². The number of piperidine rings is 1. The van der Waals surface area contributed by atoms with Crippen LogP contribution in [0, 0.1) is 0 Å². The Hall–Kier alpha value is -2.83. The molecule has 140 valence electrons. The Morgan fingerprint density at radius 1 is 1.07 bits per heavy atom. The average Bonchev–Trinajstić information content (AvgIpc) is 3.14. The first kappa shape index (κ1) is 17.6. The maximum atomic E-state index is 12.0. The summed E-state index contributed by atoms with van der Waals surface area (Å²) < 4.78 is 0. The highest BCUT2D eigenvalue weighted by Gasteiger charge is 2.39. The van der Waals surface area contributed by atoms with Crippen molar-refractivity contribution < 1.29 is 14.5 Å². The van der Waals surface area contributed by atoms with Crippen molar-refractivity contribution in [2.75, 3.05) is 13.1 Å². The second-order valence-corrected chi connectivity index (χ2v) is 6.84. The fourth-order valence-corrected chi connectivity index (χ4v) is 3.36. The maximum Gasteiger partial charge on any atom is 0.426 e. The van der Waals surface area contributed by atoms with Gasteiger partial charge in [-0.1, -0.05) is 60.7 Å². The van der Waals surface area contributed by atoms with Gasteiger partial charge < -0.3 is 10.2 Å². The van der Waals surface area contributed by atoms with Crippen LogP contribution in [-0.4, -0.2) is 29.8 Å². The van der Waals surface area contributed by atoms with Crippen LogP contribution in [0.15, 0.2) is 66.7 Å². The van der Waals surface area contributed by atoms with E-state index in [2.05, 4.69) is 29.0 Å². The molecule has 2 aliphatic rings. The fraction of sp³-hybridized carbons (Fsp3) is 0.286. The van der Waals surface area contributed by atoms with Gasteiger partial charge in [-0.25, -0.2) is 4.79 Å². The third-order valence-electron chi connectivity index (χ3n) is 4.92. The Balaban J connectivity index is 1.27. The first-order chi connectivity index (χ1) is 13.2. The summed E-state index contributed by atoms with van der Waals surface area (Å²) in [5, 5.41) is 4.48. The van der Waals surface area contributed by atoms with E-state index in [1.54, 1.807) is 5.06 Å². The maximum absolute atomic E-state index is 12.0. The molecule has 27 heavy (non-hydrogen) atoms. The minimum Gasteiger partial charge on any atom is -0.351 e. The molecule has 2 aromatic carbocycles. The topological polar surface area (TPSA) is 62.8 Å². The highest BCUT2D eigenvalue weighted by atomic mass is 16.7. The molecular weight excluding hydrogens is 342 g/mol. The molecule has 0 radical (unpaired) electrons. The van der Waals surface area contributed by atoms with Crippen molar-refractivity contribution in [2.24, 2.45) is 0 Å². The number of amides is 1. The molecule has 2 aromatic rings. The number of rotatable bonds is 4. The van der Waals surface area contributed by atoms with Gasteiger partial charge in [0, 0.05) is 19.6 Å². The number of nitrogens with zero attached hydrogens (tertiary/aromatic N) is 1. The summed E-state index contributed by atoms with van der Waals surface area (Å²) >= 11 is 0. The smallest absolute Gasteiger partial charge is 0.351 e. The molecule has 2 N–H and O–H groups in total. The van der Waals surface area contributed by atoms with Crippen LogP contribution in [0.5, 0.6) is 0 Å². The zero-order valence-electron chi connectivity index (χ0n) is 15.1. The van der Waals surface area contributed by atoms with Crippen LogP contribution < -0.4 is 10.8 Å². The van der Waals surface area contributed by atoms with Crippen LogP contribution in [0.2, 0.25) is 0 Å². The van der Waals surface area contributed by atoms with Gasteiger partial charge in [-0.15, -0.1) is 5.06 Å². The predicted octanol–water partition coefficient (Wildman–Crippen LogP) is 3.24. The van der Waals surface area contributed by atoms with Crippen molar-refractivity contribution in [1.82, 2.24) is 15.9 Å². The van der Waals surface area contributed by atoms with Gasteiger partial charge in [0.15, 0.2) is 0 Å². The Bertz CT molecular complexity index is 800. The number of benzene rings is 2. The third-order valence-corrected chi connectivity index (χ3v) is 4.92. The number of nitrogens with one attached hydrogen (secondary N) is 2. The van der Waals surface area contributed by atoms with Gasteiger partial charge in [0.05, 0.1) is 5.70 Å². The number of hydrogen-bond acceptors (Lipinski definition) is 5. The molecule has 2 aliphatic heterocycles. The number of carbonyl (C=O) groups excluding carboxylic acids is 1. The van der Waals surface area contributed by atoms with E-state index in [1.807, 2.05) is 48.5 Å². The van der Waals surface area contributed by atoms with Gasteiger partial charge in [-0.3, -0.25) is 10.3 Å².